The van der Waals surface area contributed by atoms with E-state index in [1.807, 2.05) is 17.0 Å². The molecule has 1 saturated heterocycles. The molecule has 3 aromatic rings. The van der Waals surface area contributed by atoms with E-state index in [9.17, 15) is 9.59 Å². The summed E-state index contributed by atoms with van der Waals surface area (Å²) < 4.78 is 0. The van der Waals surface area contributed by atoms with Crippen LogP contribution in [0.4, 0.5) is 10.5 Å². The van der Waals surface area contributed by atoms with Gasteiger partial charge >= 0.3 is 6.03 Å². The maximum absolute atomic E-state index is 13.3. The number of thiophene rings is 1. The quantitative estimate of drug-likeness (QED) is 0.570. The molecule has 1 fully saturated rings. The lowest BCUT2D eigenvalue weighted by Gasteiger charge is -2.39. The van der Waals surface area contributed by atoms with Gasteiger partial charge in [0.05, 0.1) is 12.6 Å². The summed E-state index contributed by atoms with van der Waals surface area (Å²) in [4.78, 5) is 33.2. The number of hydrogen-bond acceptors (Lipinski definition) is 4. The Morgan fingerprint density at radius 1 is 0.941 bits per heavy atom. The Morgan fingerprint density at radius 2 is 1.71 bits per heavy atom. The third kappa shape index (κ3) is 4.97. The van der Waals surface area contributed by atoms with Gasteiger partial charge in [-0.05, 0) is 47.2 Å². The van der Waals surface area contributed by atoms with E-state index in [2.05, 4.69) is 45.9 Å². The van der Waals surface area contributed by atoms with Crippen molar-refractivity contribution in [3.8, 4) is 0 Å². The first-order chi connectivity index (χ1) is 16.6. The zero-order valence-corrected chi connectivity index (χ0v) is 20.4. The molecule has 0 saturated carbocycles. The minimum absolute atomic E-state index is 0.102. The van der Waals surface area contributed by atoms with Gasteiger partial charge in [0.1, 0.15) is 0 Å². The van der Waals surface area contributed by atoms with Crippen LogP contribution in [0.1, 0.15) is 22.0 Å². The van der Waals surface area contributed by atoms with Crippen molar-refractivity contribution in [3.63, 3.8) is 0 Å². The number of nitrogens with one attached hydrogen (secondary N) is 1. The number of piperazine rings is 1. The molecule has 0 radical (unpaired) electrons. The molecule has 1 aromatic heterocycles. The lowest BCUT2D eigenvalue weighted by atomic mass is 9.93. The van der Waals surface area contributed by atoms with Gasteiger partial charge in [-0.25, -0.2) is 4.79 Å². The van der Waals surface area contributed by atoms with Crippen LogP contribution in [0.2, 0.25) is 5.02 Å². The van der Waals surface area contributed by atoms with Gasteiger partial charge in [0.25, 0.3) is 0 Å². The Bertz CT molecular complexity index is 1160. The van der Waals surface area contributed by atoms with Gasteiger partial charge in [-0.2, -0.15) is 0 Å². The van der Waals surface area contributed by atoms with Crippen LogP contribution in [0, 0.1) is 0 Å². The third-order valence-electron chi connectivity index (χ3n) is 6.51. The molecule has 6 nitrogen and oxygen atoms in total. The molecule has 1 atom stereocenters. The normalized spacial score (nSPS) is 18.4. The number of carbonyl (C=O) groups excluding carboxylic acids is 2. The van der Waals surface area contributed by atoms with Gasteiger partial charge in [0, 0.05) is 48.3 Å². The number of rotatable bonds is 4. The Labute approximate surface area is 208 Å². The van der Waals surface area contributed by atoms with Gasteiger partial charge < -0.3 is 15.1 Å². The number of halogens is 1. The summed E-state index contributed by atoms with van der Waals surface area (Å²) in [5.41, 5.74) is 3.20. The van der Waals surface area contributed by atoms with Gasteiger partial charge in [0.15, 0.2) is 0 Å². The smallest absolute Gasteiger partial charge is 0.321 e. The van der Waals surface area contributed by atoms with Crippen molar-refractivity contribution >= 4 is 40.6 Å². The summed E-state index contributed by atoms with van der Waals surface area (Å²) in [5.74, 6) is 0.120. The molecular formula is C26H27ClN4O2S. The van der Waals surface area contributed by atoms with E-state index >= 15 is 0 Å². The van der Waals surface area contributed by atoms with E-state index in [0.29, 0.717) is 43.4 Å². The minimum Gasteiger partial charge on any atom is -0.338 e. The Balaban J connectivity index is 1.20. The number of anilines is 1. The van der Waals surface area contributed by atoms with E-state index in [4.69, 9.17) is 11.6 Å². The van der Waals surface area contributed by atoms with E-state index in [1.165, 1.54) is 16.0 Å². The van der Waals surface area contributed by atoms with Gasteiger partial charge in [-0.1, -0.05) is 48.0 Å². The van der Waals surface area contributed by atoms with Crippen molar-refractivity contribution < 1.29 is 9.59 Å². The van der Waals surface area contributed by atoms with Gasteiger partial charge in [-0.3, -0.25) is 9.69 Å². The van der Waals surface area contributed by atoms with Crippen molar-refractivity contribution in [1.29, 1.82) is 0 Å². The molecule has 1 N–H and O–H groups in total. The highest BCUT2D eigenvalue weighted by Crippen LogP contribution is 2.37. The van der Waals surface area contributed by atoms with Gasteiger partial charge in [-0.15, -0.1) is 11.3 Å². The molecule has 0 bridgehead atoms. The summed E-state index contributed by atoms with van der Waals surface area (Å²) in [6, 6.07) is 19.7. The number of carbonyl (C=O) groups is 2. The molecule has 3 amide bonds. The number of amides is 3. The maximum atomic E-state index is 13.3. The van der Waals surface area contributed by atoms with E-state index in [0.717, 1.165) is 13.0 Å². The number of hydrogen-bond donors (Lipinski definition) is 1. The van der Waals surface area contributed by atoms with Crippen molar-refractivity contribution in [2.45, 2.75) is 12.5 Å². The first kappa shape index (κ1) is 22.9. The molecule has 34 heavy (non-hydrogen) atoms. The highest BCUT2D eigenvalue weighted by Gasteiger charge is 2.32. The van der Waals surface area contributed by atoms with Crippen LogP contribution in [0.3, 0.4) is 0 Å². The average molecular weight is 495 g/mol. The topological polar surface area (TPSA) is 55.9 Å². The molecule has 2 aromatic carbocycles. The molecule has 3 heterocycles. The second kappa shape index (κ2) is 10.2. The zero-order chi connectivity index (χ0) is 23.5. The van der Waals surface area contributed by atoms with Crippen molar-refractivity contribution in [2.24, 2.45) is 0 Å². The molecule has 0 aliphatic carbocycles. The van der Waals surface area contributed by atoms with Crippen molar-refractivity contribution in [1.82, 2.24) is 14.7 Å². The second-order valence-electron chi connectivity index (χ2n) is 8.64. The third-order valence-corrected chi connectivity index (χ3v) is 7.75. The molecule has 1 unspecified atom stereocenters. The van der Waals surface area contributed by atoms with Crippen LogP contribution < -0.4 is 5.32 Å². The number of fused-ring (bicyclic) bond motifs is 1. The Morgan fingerprint density at radius 3 is 2.47 bits per heavy atom. The van der Waals surface area contributed by atoms with Crippen LogP contribution in [0.25, 0.3) is 0 Å². The molecule has 0 spiro atoms. The van der Waals surface area contributed by atoms with Crippen LogP contribution in [0.15, 0.2) is 66.0 Å². The highest BCUT2D eigenvalue weighted by molar-refractivity contribution is 7.10. The van der Waals surface area contributed by atoms with Crippen LogP contribution in [-0.4, -0.2) is 65.9 Å². The van der Waals surface area contributed by atoms with Crippen molar-refractivity contribution in [3.05, 3.63) is 87.1 Å². The SMILES string of the molecule is O=C(CN1CCc2sccc2C1c1ccccc1)N1CCN(C(=O)Nc2cccc(Cl)c2)CC1. The molecule has 176 valence electrons. The molecule has 2 aliphatic rings. The summed E-state index contributed by atoms with van der Waals surface area (Å²) in [7, 11) is 0. The lowest BCUT2D eigenvalue weighted by Crippen LogP contribution is -2.54. The summed E-state index contributed by atoms with van der Waals surface area (Å²) in [5, 5.41) is 5.62. The predicted octanol–water partition coefficient (Wildman–Crippen LogP) is 4.73. The number of benzene rings is 2. The lowest BCUT2D eigenvalue weighted by molar-refractivity contribution is -0.134. The zero-order valence-electron chi connectivity index (χ0n) is 18.8. The fourth-order valence-corrected chi connectivity index (χ4v) is 5.86. The second-order valence-corrected chi connectivity index (χ2v) is 10.1. The summed E-state index contributed by atoms with van der Waals surface area (Å²) in [6.45, 7) is 3.33. The monoisotopic (exact) mass is 494 g/mol. The van der Waals surface area contributed by atoms with Crippen LogP contribution >= 0.6 is 22.9 Å². The number of nitrogens with zero attached hydrogens (tertiary/aromatic N) is 3. The minimum atomic E-state index is -0.167. The molecule has 5 rings (SSSR count). The van der Waals surface area contributed by atoms with Crippen molar-refractivity contribution in [2.75, 3.05) is 44.6 Å². The summed E-state index contributed by atoms with van der Waals surface area (Å²) >= 11 is 7.81. The fourth-order valence-electron chi connectivity index (χ4n) is 4.77. The first-order valence-corrected chi connectivity index (χ1v) is 12.8. The van der Waals surface area contributed by atoms with E-state index < -0.39 is 0 Å². The van der Waals surface area contributed by atoms with E-state index in [-0.39, 0.29) is 18.0 Å². The van der Waals surface area contributed by atoms with Crippen LogP contribution in [-0.2, 0) is 11.2 Å². The average Bonchev–Trinajstić information content (AvgIpc) is 3.33. The predicted molar refractivity (Wildman–Crippen MR) is 137 cm³/mol. The maximum Gasteiger partial charge on any atom is 0.321 e. The molecule has 8 heteroatoms. The largest absolute Gasteiger partial charge is 0.338 e. The van der Waals surface area contributed by atoms with Crippen LogP contribution in [0.5, 0.6) is 0 Å². The van der Waals surface area contributed by atoms with E-state index in [1.54, 1.807) is 34.4 Å². The summed E-state index contributed by atoms with van der Waals surface area (Å²) in [6.07, 6.45) is 0.973. The standard InChI is InChI=1S/C26H27ClN4O2S/c27-20-7-4-8-21(17-20)28-26(33)30-14-12-29(13-15-30)24(32)18-31-11-9-23-22(10-16-34-23)25(31)19-5-2-1-3-6-19/h1-8,10,16-17,25H,9,11-15,18H2,(H,28,33). The van der Waals surface area contributed by atoms with Gasteiger partial charge in [0.2, 0.25) is 5.91 Å². The number of urea groups is 1. The highest BCUT2D eigenvalue weighted by atomic mass is 35.5. The molecular weight excluding hydrogens is 468 g/mol. The first-order valence-electron chi connectivity index (χ1n) is 11.5. The Kier molecular flexibility index (Phi) is 6.85. The fraction of sp³-hybridized carbons (Fsp3) is 0.308. The molecule has 2 aliphatic heterocycles. The Hall–Kier alpha value is -2.87.